The standard InChI is InChI=1S/C15H31NO3/c1-3-18-12-10-16(11-13-19-4-2)9-8-14-6-5-7-15(14)17/h14-15,17H,3-13H2,1-2H3. The van der Waals surface area contributed by atoms with Crippen molar-refractivity contribution < 1.29 is 14.6 Å². The Bertz CT molecular complexity index is 204. The first-order chi connectivity index (χ1) is 9.27. The van der Waals surface area contributed by atoms with Gasteiger partial charge in [-0.3, -0.25) is 4.90 Å². The van der Waals surface area contributed by atoms with Crippen LogP contribution in [0.5, 0.6) is 0 Å². The molecule has 0 saturated heterocycles. The topological polar surface area (TPSA) is 41.9 Å². The zero-order valence-corrected chi connectivity index (χ0v) is 12.6. The second kappa shape index (κ2) is 10.6. The summed E-state index contributed by atoms with van der Waals surface area (Å²) in [6, 6.07) is 0. The fraction of sp³-hybridized carbons (Fsp3) is 1.00. The molecule has 0 spiro atoms. The van der Waals surface area contributed by atoms with Crippen molar-refractivity contribution >= 4 is 0 Å². The Morgan fingerprint density at radius 3 is 2.11 bits per heavy atom. The first-order valence-corrected chi connectivity index (χ1v) is 7.83. The van der Waals surface area contributed by atoms with E-state index in [1.807, 2.05) is 13.8 Å². The summed E-state index contributed by atoms with van der Waals surface area (Å²) in [6.07, 6.45) is 4.39. The van der Waals surface area contributed by atoms with Gasteiger partial charge in [-0.1, -0.05) is 6.42 Å². The molecule has 0 aliphatic heterocycles. The molecular formula is C15H31NO3. The highest BCUT2D eigenvalue weighted by molar-refractivity contribution is 4.77. The molecule has 1 rings (SSSR count). The molecule has 2 atom stereocenters. The van der Waals surface area contributed by atoms with Crippen molar-refractivity contribution in [1.29, 1.82) is 0 Å². The molecule has 1 aliphatic rings. The van der Waals surface area contributed by atoms with Gasteiger partial charge in [-0.05, 0) is 45.6 Å². The molecule has 0 heterocycles. The summed E-state index contributed by atoms with van der Waals surface area (Å²) in [5.41, 5.74) is 0. The smallest absolute Gasteiger partial charge is 0.0593 e. The van der Waals surface area contributed by atoms with Gasteiger partial charge in [-0.2, -0.15) is 0 Å². The predicted octanol–water partition coefficient (Wildman–Crippen LogP) is 1.91. The number of nitrogens with zero attached hydrogens (tertiary/aromatic N) is 1. The Kier molecular flexibility index (Phi) is 9.43. The van der Waals surface area contributed by atoms with E-state index in [0.717, 1.165) is 58.9 Å². The highest BCUT2D eigenvalue weighted by Crippen LogP contribution is 2.28. The van der Waals surface area contributed by atoms with Crippen LogP contribution in [0.15, 0.2) is 0 Å². The van der Waals surface area contributed by atoms with E-state index in [1.165, 1.54) is 12.8 Å². The van der Waals surface area contributed by atoms with Crippen LogP contribution < -0.4 is 0 Å². The molecule has 4 heteroatoms. The first kappa shape index (κ1) is 16.9. The number of aliphatic hydroxyl groups excluding tert-OH is 1. The SMILES string of the molecule is CCOCCN(CCOCC)CCC1CCCC1O. The van der Waals surface area contributed by atoms with E-state index in [1.54, 1.807) is 0 Å². The molecule has 0 aromatic heterocycles. The van der Waals surface area contributed by atoms with Gasteiger partial charge in [0, 0.05) is 26.3 Å². The van der Waals surface area contributed by atoms with Gasteiger partial charge < -0.3 is 14.6 Å². The van der Waals surface area contributed by atoms with E-state index < -0.39 is 0 Å². The number of hydrogen-bond acceptors (Lipinski definition) is 4. The van der Waals surface area contributed by atoms with Crippen LogP contribution in [0, 0.1) is 5.92 Å². The van der Waals surface area contributed by atoms with Gasteiger partial charge >= 0.3 is 0 Å². The van der Waals surface area contributed by atoms with Crippen LogP contribution in [0.25, 0.3) is 0 Å². The van der Waals surface area contributed by atoms with Gasteiger partial charge in [0.05, 0.1) is 19.3 Å². The molecule has 0 amide bonds. The largest absolute Gasteiger partial charge is 0.393 e. The lowest BCUT2D eigenvalue weighted by atomic mass is 10.0. The Balaban J connectivity index is 2.21. The van der Waals surface area contributed by atoms with E-state index in [9.17, 15) is 5.11 Å². The predicted molar refractivity (Wildman–Crippen MR) is 77.4 cm³/mol. The molecule has 1 fully saturated rings. The molecule has 4 nitrogen and oxygen atoms in total. The molecule has 19 heavy (non-hydrogen) atoms. The molecule has 1 aliphatic carbocycles. The van der Waals surface area contributed by atoms with Crippen molar-refractivity contribution in [2.24, 2.45) is 5.92 Å². The molecular weight excluding hydrogens is 242 g/mol. The van der Waals surface area contributed by atoms with Crippen LogP contribution >= 0.6 is 0 Å². The molecule has 2 unspecified atom stereocenters. The van der Waals surface area contributed by atoms with Gasteiger partial charge in [0.2, 0.25) is 0 Å². The summed E-state index contributed by atoms with van der Waals surface area (Å²) >= 11 is 0. The lowest BCUT2D eigenvalue weighted by Gasteiger charge is -2.24. The lowest BCUT2D eigenvalue weighted by Crippen LogP contribution is -2.33. The summed E-state index contributed by atoms with van der Waals surface area (Å²) in [4.78, 5) is 2.40. The molecule has 0 aromatic carbocycles. The van der Waals surface area contributed by atoms with Gasteiger partial charge in [-0.15, -0.1) is 0 Å². The number of ether oxygens (including phenoxy) is 2. The zero-order valence-electron chi connectivity index (χ0n) is 12.6. The number of rotatable bonds is 11. The molecule has 0 aromatic rings. The lowest BCUT2D eigenvalue weighted by molar-refractivity contribution is 0.0726. The van der Waals surface area contributed by atoms with Crippen molar-refractivity contribution in [1.82, 2.24) is 4.90 Å². The maximum absolute atomic E-state index is 9.86. The Hall–Kier alpha value is -0.160. The molecule has 0 radical (unpaired) electrons. The van der Waals surface area contributed by atoms with Crippen LogP contribution in [0.4, 0.5) is 0 Å². The summed E-state index contributed by atoms with van der Waals surface area (Å²) in [5, 5.41) is 9.86. The summed E-state index contributed by atoms with van der Waals surface area (Å²) < 4.78 is 10.9. The van der Waals surface area contributed by atoms with E-state index in [-0.39, 0.29) is 6.10 Å². The van der Waals surface area contributed by atoms with Crippen LogP contribution in [-0.2, 0) is 9.47 Å². The molecule has 0 bridgehead atoms. The van der Waals surface area contributed by atoms with E-state index in [4.69, 9.17) is 9.47 Å². The van der Waals surface area contributed by atoms with Crippen molar-refractivity contribution in [3.05, 3.63) is 0 Å². The van der Waals surface area contributed by atoms with Gasteiger partial charge in [0.15, 0.2) is 0 Å². The van der Waals surface area contributed by atoms with E-state index in [2.05, 4.69) is 4.90 Å². The fourth-order valence-electron chi connectivity index (χ4n) is 2.71. The third-order valence-corrected chi connectivity index (χ3v) is 3.95. The monoisotopic (exact) mass is 273 g/mol. The number of aliphatic hydroxyl groups is 1. The third kappa shape index (κ3) is 7.25. The number of hydrogen-bond donors (Lipinski definition) is 1. The van der Waals surface area contributed by atoms with Gasteiger partial charge in [0.25, 0.3) is 0 Å². The second-order valence-corrected chi connectivity index (χ2v) is 5.28. The average molecular weight is 273 g/mol. The Morgan fingerprint density at radius 1 is 1.00 bits per heavy atom. The summed E-state index contributed by atoms with van der Waals surface area (Å²) in [6.45, 7) is 10.2. The van der Waals surface area contributed by atoms with Crippen molar-refractivity contribution in [2.75, 3.05) is 46.1 Å². The minimum atomic E-state index is -0.0689. The summed E-state index contributed by atoms with van der Waals surface area (Å²) in [7, 11) is 0. The quantitative estimate of drug-likeness (QED) is 0.584. The highest BCUT2D eigenvalue weighted by Gasteiger charge is 2.25. The van der Waals surface area contributed by atoms with Gasteiger partial charge in [0.1, 0.15) is 0 Å². The van der Waals surface area contributed by atoms with E-state index in [0.29, 0.717) is 5.92 Å². The van der Waals surface area contributed by atoms with Crippen LogP contribution in [0.1, 0.15) is 39.5 Å². The van der Waals surface area contributed by atoms with Crippen LogP contribution in [0.3, 0.4) is 0 Å². The third-order valence-electron chi connectivity index (χ3n) is 3.95. The molecule has 1 N–H and O–H groups in total. The first-order valence-electron chi connectivity index (χ1n) is 7.83. The molecule has 1 saturated carbocycles. The van der Waals surface area contributed by atoms with Crippen LogP contribution in [-0.4, -0.2) is 62.2 Å². The normalized spacial score (nSPS) is 23.4. The van der Waals surface area contributed by atoms with Crippen molar-refractivity contribution in [3.63, 3.8) is 0 Å². The fourth-order valence-corrected chi connectivity index (χ4v) is 2.71. The van der Waals surface area contributed by atoms with Crippen LogP contribution in [0.2, 0.25) is 0 Å². The Labute approximate surface area is 118 Å². The molecule has 114 valence electrons. The van der Waals surface area contributed by atoms with E-state index >= 15 is 0 Å². The summed E-state index contributed by atoms with van der Waals surface area (Å²) in [5.74, 6) is 0.502. The van der Waals surface area contributed by atoms with Crippen molar-refractivity contribution in [2.45, 2.75) is 45.6 Å². The van der Waals surface area contributed by atoms with Gasteiger partial charge in [-0.25, -0.2) is 0 Å². The second-order valence-electron chi connectivity index (χ2n) is 5.28. The van der Waals surface area contributed by atoms with Crippen molar-refractivity contribution in [3.8, 4) is 0 Å². The minimum absolute atomic E-state index is 0.0689. The maximum Gasteiger partial charge on any atom is 0.0593 e. The zero-order chi connectivity index (χ0) is 13.9. The maximum atomic E-state index is 9.86. The Morgan fingerprint density at radius 2 is 1.63 bits per heavy atom. The average Bonchev–Trinajstić information content (AvgIpc) is 2.81. The minimum Gasteiger partial charge on any atom is -0.393 e. The highest BCUT2D eigenvalue weighted by atomic mass is 16.5.